The van der Waals surface area contributed by atoms with E-state index in [1.807, 2.05) is 12.1 Å². The molecule has 0 aliphatic carbocycles. The van der Waals surface area contributed by atoms with E-state index in [1.54, 1.807) is 20.3 Å². The fourth-order valence-electron chi connectivity index (χ4n) is 1.26. The molecular weight excluding hydrogens is 336 g/mol. The molecule has 16 heavy (non-hydrogen) atoms. The van der Waals surface area contributed by atoms with Crippen LogP contribution in [0.4, 0.5) is 0 Å². The Morgan fingerprint density at radius 3 is 2.25 bits per heavy atom. The van der Waals surface area contributed by atoms with Crippen LogP contribution in [0.2, 0.25) is 0 Å². The normalized spacial score (nSPS) is 9.19. The predicted molar refractivity (Wildman–Crippen MR) is 73.3 cm³/mol. The molecule has 0 bridgehead atoms. The van der Waals surface area contributed by atoms with Crippen LogP contribution in [0.15, 0.2) is 15.5 Å². The van der Waals surface area contributed by atoms with Crippen LogP contribution in [0.1, 0.15) is 11.1 Å². The molecule has 0 unspecified atom stereocenters. The SMILES string of the molecule is C#Cc1cc(OC)c(OC)cc1C=C(Br)Br. The summed E-state index contributed by atoms with van der Waals surface area (Å²) in [7, 11) is 3.16. The Bertz CT molecular complexity index is 455. The second-order valence-electron chi connectivity index (χ2n) is 2.87. The first-order valence-electron chi connectivity index (χ1n) is 4.37. The number of rotatable bonds is 3. The van der Waals surface area contributed by atoms with Crippen molar-refractivity contribution >= 4 is 37.9 Å². The van der Waals surface area contributed by atoms with Gasteiger partial charge in [-0.25, -0.2) is 0 Å². The first-order chi connectivity index (χ1) is 7.62. The Kier molecular flexibility index (Phi) is 4.91. The van der Waals surface area contributed by atoms with Gasteiger partial charge in [-0.15, -0.1) is 6.42 Å². The maximum Gasteiger partial charge on any atom is 0.162 e. The second-order valence-corrected chi connectivity index (χ2v) is 5.65. The number of ether oxygens (including phenoxy) is 2. The van der Waals surface area contributed by atoms with Crippen molar-refractivity contribution in [3.63, 3.8) is 0 Å². The molecule has 84 valence electrons. The van der Waals surface area contributed by atoms with Gasteiger partial charge in [0.05, 0.1) is 17.6 Å². The summed E-state index contributed by atoms with van der Waals surface area (Å²) in [5.74, 6) is 3.88. The number of methoxy groups -OCH3 is 2. The molecular formula is C12H10Br2O2. The van der Waals surface area contributed by atoms with Gasteiger partial charge in [-0.1, -0.05) is 5.92 Å². The molecule has 0 aliphatic rings. The average Bonchev–Trinajstić information content (AvgIpc) is 2.27. The van der Waals surface area contributed by atoms with Gasteiger partial charge in [-0.05, 0) is 49.6 Å². The molecule has 0 spiro atoms. The van der Waals surface area contributed by atoms with Crippen LogP contribution in [0.25, 0.3) is 6.08 Å². The van der Waals surface area contributed by atoms with Crippen LogP contribution < -0.4 is 9.47 Å². The van der Waals surface area contributed by atoms with Gasteiger partial charge >= 0.3 is 0 Å². The minimum Gasteiger partial charge on any atom is -0.493 e. The van der Waals surface area contributed by atoms with Crippen LogP contribution in [-0.4, -0.2) is 14.2 Å². The second kappa shape index (κ2) is 5.97. The van der Waals surface area contributed by atoms with Crippen LogP contribution in [0.5, 0.6) is 11.5 Å². The summed E-state index contributed by atoms with van der Waals surface area (Å²) >= 11 is 6.59. The molecule has 0 saturated carbocycles. The van der Waals surface area contributed by atoms with Crippen molar-refractivity contribution in [3.8, 4) is 23.8 Å². The first kappa shape index (κ1) is 13.1. The summed E-state index contributed by atoms with van der Waals surface area (Å²) in [5.41, 5.74) is 1.62. The Morgan fingerprint density at radius 1 is 1.25 bits per heavy atom. The molecule has 0 aliphatic heterocycles. The maximum atomic E-state index is 5.44. The molecule has 0 radical (unpaired) electrons. The third-order valence-electron chi connectivity index (χ3n) is 1.98. The Balaban J connectivity index is 3.39. The lowest BCUT2D eigenvalue weighted by Crippen LogP contribution is -1.93. The third kappa shape index (κ3) is 3.03. The van der Waals surface area contributed by atoms with E-state index in [0.29, 0.717) is 11.5 Å². The molecule has 0 aromatic heterocycles. The van der Waals surface area contributed by atoms with Gasteiger partial charge in [-0.3, -0.25) is 0 Å². The standard InChI is InChI=1S/C12H10Br2O2/c1-4-8-5-10(15-2)11(16-3)6-9(8)7-12(13)14/h1,5-7H,2-3H3. The summed E-state index contributed by atoms with van der Waals surface area (Å²) < 4.78 is 11.2. The van der Waals surface area contributed by atoms with Crippen molar-refractivity contribution in [2.45, 2.75) is 0 Å². The smallest absolute Gasteiger partial charge is 0.162 e. The molecule has 0 atom stereocenters. The molecule has 1 aromatic rings. The fourth-order valence-corrected chi connectivity index (χ4v) is 1.75. The van der Waals surface area contributed by atoms with Gasteiger partial charge in [0, 0.05) is 11.6 Å². The number of benzene rings is 1. The van der Waals surface area contributed by atoms with Gasteiger partial charge in [0.15, 0.2) is 11.5 Å². The molecule has 2 nitrogen and oxygen atoms in total. The summed E-state index contributed by atoms with van der Waals surface area (Å²) in [6.45, 7) is 0. The Hall–Kier alpha value is -0.920. The van der Waals surface area contributed by atoms with Crippen molar-refractivity contribution in [2.75, 3.05) is 14.2 Å². The number of hydrogen-bond acceptors (Lipinski definition) is 2. The zero-order chi connectivity index (χ0) is 12.1. The van der Waals surface area contributed by atoms with Crippen molar-refractivity contribution in [3.05, 3.63) is 26.7 Å². The molecule has 1 rings (SSSR count). The topological polar surface area (TPSA) is 18.5 Å². The van der Waals surface area contributed by atoms with E-state index in [2.05, 4.69) is 37.8 Å². The Morgan fingerprint density at radius 2 is 1.81 bits per heavy atom. The highest BCUT2D eigenvalue weighted by atomic mass is 79.9. The largest absolute Gasteiger partial charge is 0.493 e. The van der Waals surface area contributed by atoms with Crippen LogP contribution in [-0.2, 0) is 0 Å². The zero-order valence-corrected chi connectivity index (χ0v) is 12.1. The highest BCUT2D eigenvalue weighted by Crippen LogP contribution is 2.32. The summed E-state index contributed by atoms with van der Waals surface area (Å²) in [6, 6.07) is 3.60. The van der Waals surface area contributed by atoms with Gasteiger partial charge in [0.1, 0.15) is 0 Å². The highest BCUT2D eigenvalue weighted by molar-refractivity contribution is 9.28. The van der Waals surface area contributed by atoms with Crippen molar-refractivity contribution < 1.29 is 9.47 Å². The molecule has 0 fully saturated rings. The molecule has 1 aromatic carbocycles. The van der Waals surface area contributed by atoms with E-state index in [9.17, 15) is 0 Å². The van der Waals surface area contributed by atoms with Crippen LogP contribution in [0.3, 0.4) is 0 Å². The summed E-state index contributed by atoms with van der Waals surface area (Å²) in [4.78, 5) is 0. The molecule has 0 amide bonds. The average molecular weight is 346 g/mol. The van der Waals surface area contributed by atoms with E-state index in [1.165, 1.54) is 0 Å². The van der Waals surface area contributed by atoms with Gasteiger partial charge in [-0.2, -0.15) is 0 Å². The summed E-state index contributed by atoms with van der Waals surface area (Å²) in [6.07, 6.45) is 7.29. The number of hydrogen-bond donors (Lipinski definition) is 0. The first-order valence-corrected chi connectivity index (χ1v) is 5.96. The molecule has 0 heterocycles. The monoisotopic (exact) mass is 344 g/mol. The van der Waals surface area contributed by atoms with Gasteiger partial charge in [0.25, 0.3) is 0 Å². The van der Waals surface area contributed by atoms with Crippen molar-refractivity contribution in [1.29, 1.82) is 0 Å². The minimum absolute atomic E-state index is 0.623. The third-order valence-corrected chi connectivity index (χ3v) is 2.43. The number of halogens is 2. The van der Waals surface area contributed by atoms with Gasteiger partial charge < -0.3 is 9.47 Å². The minimum atomic E-state index is 0.623. The quantitative estimate of drug-likeness (QED) is 0.776. The summed E-state index contributed by atoms with van der Waals surface area (Å²) in [5, 5.41) is 0. The Labute approximate surface area is 112 Å². The van der Waals surface area contributed by atoms with Crippen molar-refractivity contribution in [2.24, 2.45) is 0 Å². The lowest BCUT2D eigenvalue weighted by Gasteiger charge is -2.10. The van der Waals surface area contributed by atoms with Crippen LogP contribution >= 0.6 is 31.9 Å². The van der Waals surface area contributed by atoms with E-state index >= 15 is 0 Å². The lowest BCUT2D eigenvalue weighted by molar-refractivity contribution is 0.355. The molecule has 0 saturated heterocycles. The van der Waals surface area contributed by atoms with Crippen LogP contribution in [0, 0.1) is 12.3 Å². The maximum absolute atomic E-state index is 5.44. The van der Waals surface area contributed by atoms with E-state index in [0.717, 1.165) is 14.5 Å². The number of terminal acetylenes is 1. The zero-order valence-electron chi connectivity index (χ0n) is 8.88. The highest BCUT2D eigenvalue weighted by Gasteiger charge is 2.08. The van der Waals surface area contributed by atoms with E-state index in [-0.39, 0.29) is 0 Å². The predicted octanol–water partition coefficient (Wildman–Crippen LogP) is 3.77. The molecule has 4 heteroatoms. The fraction of sp³-hybridized carbons (Fsp3) is 0.167. The van der Waals surface area contributed by atoms with Crippen molar-refractivity contribution in [1.82, 2.24) is 0 Å². The van der Waals surface area contributed by atoms with Gasteiger partial charge in [0.2, 0.25) is 0 Å². The van der Waals surface area contributed by atoms with E-state index in [4.69, 9.17) is 15.9 Å². The van der Waals surface area contributed by atoms with E-state index < -0.39 is 0 Å². The lowest BCUT2D eigenvalue weighted by atomic mass is 10.1. The molecule has 0 N–H and O–H groups in total.